The summed E-state index contributed by atoms with van der Waals surface area (Å²) < 4.78 is 8.86. The van der Waals surface area contributed by atoms with E-state index in [0.29, 0.717) is 6.61 Å². The van der Waals surface area contributed by atoms with E-state index in [-0.39, 0.29) is 17.0 Å². The standard InChI is InChI=1S/C25H27N3O2S/c1-17-14-21(31-18(17)2)23(29)27-12-9-24(10-13-27)15-25(16-30-24)22-8-5-11-28(22)20-7-4-3-6-19(20)26-25/h3-8,11,14,26H,9-10,12-13,15-16H2,1-2H3/t25-/m0/s1. The molecule has 6 heteroatoms. The number of carbonyl (C=O) groups excluding carboxylic acids is 1. The van der Waals surface area contributed by atoms with Gasteiger partial charge in [-0.1, -0.05) is 12.1 Å². The van der Waals surface area contributed by atoms with E-state index < -0.39 is 0 Å². The van der Waals surface area contributed by atoms with E-state index >= 15 is 0 Å². The van der Waals surface area contributed by atoms with Gasteiger partial charge in [0.2, 0.25) is 0 Å². The summed E-state index contributed by atoms with van der Waals surface area (Å²) in [5.74, 6) is 0.169. The second-order valence-electron chi connectivity index (χ2n) is 9.28. The van der Waals surface area contributed by atoms with Gasteiger partial charge in [-0.3, -0.25) is 4.79 Å². The first-order valence-electron chi connectivity index (χ1n) is 11.0. The van der Waals surface area contributed by atoms with Crippen LogP contribution in [0.5, 0.6) is 0 Å². The van der Waals surface area contributed by atoms with Crippen LogP contribution in [0.25, 0.3) is 5.69 Å². The quantitative estimate of drug-likeness (QED) is 0.595. The van der Waals surface area contributed by atoms with Gasteiger partial charge < -0.3 is 19.5 Å². The molecule has 3 aliphatic rings. The molecule has 1 amide bonds. The minimum absolute atomic E-state index is 0.169. The van der Waals surface area contributed by atoms with Gasteiger partial charge in [0.05, 0.1) is 34.2 Å². The zero-order valence-corrected chi connectivity index (χ0v) is 18.8. The Bertz CT molecular complexity index is 1150. The Hall–Kier alpha value is -2.57. The average Bonchev–Trinajstić information content (AvgIpc) is 3.48. The fourth-order valence-corrected chi connectivity index (χ4v) is 6.54. The molecule has 5 nitrogen and oxygen atoms in total. The minimum Gasteiger partial charge on any atom is -0.372 e. The molecule has 2 aromatic heterocycles. The number of rotatable bonds is 1. The molecular weight excluding hydrogens is 406 g/mol. The van der Waals surface area contributed by atoms with Crippen molar-refractivity contribution in [3.8, 4) is 5.69 Å². The zero-order valence-electron chi connectivity index (χ0n) is 18.0. The second kappa shape index (κ2) is 6.71. The van der Waals surface area contributed by atoms with E-state index in [0.717, 1.165) is 42.9 Å². The zero-order chi connectivity index (χ0) is 21.2. The molecule has 3 aliphatic heterocycles. The number of para-hydroxylation sites is 2. The highest BCUT2D eigenvalue weighted by Gasteiger charge is 2.54. The van der Waals surface area contributed by atoms with Gasteiger partial charge in [-0.05, 0) is 62.6 Å². The highest BCUT2D eigenvalue weighted by Crippen LogP contribution is 2.50. The number of benzene rings is 1. The van der Waals surface area contributed by atoms with Gasteiger partial charge in [0.1, 0.15) is 5.54 Å². The van der Waals surface area contributed by atoms with Crippen LogP contribution in [0, 0.1) is 13.8 Å². The van der Waals surface area contributed by atoms with E-state index in [1.165, 1.54) is 21.8 Å². The molecule has 0 saturated carbocycles. The SMILES string of the molecule is Cc1cc(C(=O)N2CCC3(CC2)C[C@@]2(CO3)Nc3ccccc3-n3cccc32)sc1C. The van der Waals surface area contributed by atoms with Crippen LogP contribution >= 0.6 is 11.3 Å². The first kappa shape index (κ1) is 19.1. The van der Waals surface area contributed by atoms with Crippen LogP contribution in [0.4, 0.5) is 5.69 Å². The number of thiophene rings is 1. The first-order chi connectivity index (χ1) is 15.0. The van der Waals surface area contributed by atoms with Gasteiger partial charge in [-0.15, -0.1) is 11.3 Å². The lowest BCUT2D eigenvalue weighted by atomic mass is 9.79. The first-order valence-corrected chi connectivity index (χ1v) is 11.9. The lowest BCUT2D eigenvalue weighted by Crippen LogP contribution is -2.48. The van der Waals surface area contributed by atoms with E-state index in [1.807, 2.05) is 11.0 Å². The highest BCUT2D eigenvalue weighted by atomic mass is 32.1. The van der Waals surface area contributed by atoms with Crippen LogP contribution in [0.2, 0.25) is 0 Å². The van der Waals surface area contributed by atoms with Crippen LogP contribution in [-0.2, 0) is 10.3 Å². The lowest BCUT2D eigenvalue weighted by Gasteiger charge is -2.41. The molecular formula is C25H27N3O2S. The molecule has 1 atom stereocenters. The van der Waals surface area contributed by atoms with E-state index in [1.54, 1.807) is 11.3 Å². The molecule has 2 spiro atoms. The molecule has 0 bridgehead atoms. The van der Waals surface area contributed by atoms with Gasteiger partial charge in [0.25, 0.3) is 5.91 Å². The summed E-state index contributed by atoms with van der Waals surface area (Å²) >= 11 is 1.61. The Morgan fingerprint density at radius 3 is 2.71 bits per heavy atom. The number of likely N-dealkylation sites (tertiary alicyclic amines) is 1. The number of hydrogen-bond acceptors (Lipinski definition) is 4. The maximum absolute atomic E-state index is 13.0. The topological polar surface area (TPSA) is 46.5 Å². The van der Waals surface area contributed by atoms with Crippen molar-refractivity contribution in [3.05, 3.63) is 69.7 Å². The summed E-state index contributed by atoms with van der Waals surface area (Å²) in [6.07, 6.45) is 4.84. The number of hydrogen-bond donors (Lipinski definition) is 1. The number of nitrogens with one attached hydrogen (secondary N) is 1. The van der Waals surface area contributed by atoms with Gasteiger partial charge >= 0.3 is 0 Å². The van der Waals surface area contributed by atoms with E-state index in [9.17, 15) is 4.79 Å². The average molecular weight is 434 g/mol. The predicted molar refractivity (Wildman–Crippen MR) is 123 cm³/mol. The smallest absolute Gasteiger partial charge is 0.263 e. The van der Waals surface area contributed by atoms with Crippen molar-refractivity contribution in [1.82, 2.24) is 9.47 Å². The fraction of sp³-hybridized carbons (Fsp3) is 0.400. The van der Waals surface area contributed by atoms with Gasteiger partial charge in [0, 0.05) is 30.6 Å². The summed E-state index contributed by atoms with van der Waals surface area (Å²) in [5.41, 5.74) is 4.43. The Kier molecular flexibility index (Phi) is 4.14. The normalized spacial score (nSPS) is 23.6. The molecule has 6 rings (SSSR count). The number of aryl methyl sites for hydroxylation is 2. The third kappa shape index (κ3) is 2.88. The number of anilines is 1. The van der Waals surface area contributed by atoms with Gasteiger partial charge in [-0.2, -0.15) is 0 Å². The Labute approximate surface area is 186 Å². The van der Waals surface area contributed by atoms with Crippen molar-refractivity contribution in [1.29, 1.82) is 0 Å². The number of fused-ring (bicyclic) bond motifs is 4. The second-order valence-corrected chi connectivity index (χ2v) is 10.5. The molecule has 0 unspecified atom stereocenters. The highest BCUT2D eigenvalue weighted by molar-refractivity contribution is 7.14. The predicted octanol–water partition coefficient (Wildman–Crippen LogP) is 4.87. The molecule has 1 N–H and O–H groups in total. The largest absolute Gasteiger partial charge is 0.372 e. The molecule has 1 aromatic carbocycles. The van der Waals surface area contributed by atoms with Crippen LogP contribution in [0.3, 0.4) is 0 Å². The monoisotopic (exact) mass is 433 g/mol. The number of amides is 1. The Balaban J connectivity index is 1.22. The number of nitrogens with zero attached hydrogens (tertiary/aromatic N) is 2. The Morgan fingerprint density at radius 2 is 1.94 bits per heavy atom. The van der Waals surface area contributed by atoms with Crippen LogP contribution in [0.1, 0.15) is 45.1 Å². The minimum atomic E-state index is -0.216. The number of aromatic nitrogens is 1. The fourth-order valence-electron chi connectivity index (χ4n) is 5.54. The van der Waals surface area contributed by atoms with Crippen LogP contribution in [0.15, 0.2) is 48.7 Å². The molecule has 2 fully saturated rings. The lowest BCUT2D eigenvalue weighted by molar-refractivity contribution is -0.0391. The van der Waals surface area contributed by atoms with Crippen molar-refractivity contribution < 1.29 is 9.53 Å². The Morgan fingerprint density at radius 1 is 1.13 bits per heavy atom. The maximum Gasteiger partial charge on any atom is 0.263 e. The molecule has 31 heavy (non-hydrogen) atoms. The maximum atomic E-state index is 13.0. The van der Waals surface area contributed by atoms with Crippen molar-refractivity contribution in [2.75, 3.05) is 25.0 Å². The van der Waals surface area contributed by atoms with Crippen molar-refractivity contribution >= 4 is 22.9 Å². The number of carbonyl (C=O) groups is 1. The third-order valence-electron chi connectivity index (χ3n) is 7.36. The van der Waals surface area contributed by atoms with E-state index in [4.69, 9.17) is 4.74 Å². The molecule has 3 aromatic rings. The number of piperidine rings is 1. The molecule has 0 radical (unpaired) electrons. The van der Waals surface area contributed by atoms with Crippen molar-refractivity contribution in [3.63, 3.8) is 0 Å². The van der Waals surface area contributed by atoms with Crippen molar-refractivity contribution in [2.45, 2.75) is 44.2 Å². The molecule has 0 aliphatic carbocycles. The summed E-state index contributed by atoms with van der Waals surface area (Å²) in [7, 11) is 0. The van der Waals surface area contributed by atoms with Gasteiger partial charge in [0.15, 0.2) is 0 Å². The third-order valence-corrected chi connectivity index (χ3v) is 8.50. The van der Waals surface area contributed by atoms with Gasteiger partial charge in [-0.25, -0.2) is 0 Å². The van der Waals surface area contributed by atoms with E-state index in [2.05, 4.69) is 66.3 Å². The summed E-state index contributed by atoms with van der Waals surface area (Å²) in [4.78, 5) is 17.1. The molecule has 2 saturated heterocycles. The molecule has 5 heterocycles. The summed E-state index contributed by atoms with van der Waals surface area (Å²) in [6.45, 7) is 6.32. The van der Waals surface area contributed by atoms with Crippen molar-refractivity contribution in [2.24, 2.45) is 0 Å². The summed E-state index contributed by atoms with van der Waals surface area (Å²) in [5, 5.41) is 3.83. The van der Waals surface area contributed by atoms with Crippen LogP contribution < -0.4 is 5.32 Å². The summed E-state index contributed by atoms with van der Waals surface area (Å²) in [6, 6.07) is 14.8. The molecule has 160 valence electrons. The van der Waals surface area contributed by atoms with Crippen LogP contribution in [-0.4, -0.2) is 40.7 Å². The number of ether oxygens (including phenoxy) is 1.